The van der Waals surface area contributed by atoms with E-state index >= 15 is 0 Å². The Morgan fingerprint density at radius 1 is 0.700 bits per heavy atom. The Hall–Kier alpha value is -3.71. The molecule has 0 spiro atoms. The number of carbonyl (C=O) groups is 3. The van der Waals surface area contributed by atoms with Gasteiger partial charge in [0.2, 0.25) is 0 Å². The van der Waals surface area contributed by atoms with Gasteiger partial charge in [0.15, 0.2) is 18.9 Å². The van der Waals surface area contributed by atoms with E-state index in [0.717, 1.165) is 0 Å². The number of non-ortho nitro benzene ring substituents is 1. The molecule has 13 heteroatoms. The number of phenols is 3. The van der Waals surface area contributed by atoms with Crippen LogP contribution in [-0.2, 0) is 0 Å². The number of phenolic OH excluding ortho intramolecular Hbond substituents is 3. The van der Waals surface area contributed by atoms with E-state index in [9.17, 15) is 34.7 Å². The van der Waals surface area contributed by atoms with Crippen LogP contribution in [0.1, 0.15) is 31.1 Å². The number of nitrogens with zero attached hydrogens (tertiary/aromatic N) is 1. The first-order valence-electron chi connectivity index (χ1n) is 10.7. The maximum Gasteiger partial charge on any atom is 0.270 e. The molecule has 0 atom stereocenters. The summed E-state index contributed by atoms with van der Waals surface area (Å²) in [7, 11) is 0. The SMILES string of the molecule is O=Cc1cc(Cl)cc(-c2cccc([N+](=O)[O-])c2)c1O.O=Cc1cc(Cl)cc(I)c1O.O=Cc1cc(Cl)ccc1O. The molecule has 4 aromatic carbocycles. The van der Waals surface area contributed by atoms with E-state index in [-0.39, 0.29) is 50.2 Å². The quantitative estimate of drug-likeness (QED) is 0.0820. The Labute approximate surface area is 255 Å². The highest BCUT2D eigenvalue weighted by molar-refractivity contribution is 14.1. The molecule has 206 valence electrons. The molecule has 0 aliphatic rings. The summed E-state index contributed by atoms with van der Waals surface area (Å²) < 4.78 is 0.581. The van der Waals surface area contributed by atoms with Crippen molar-refractivity contribution in [2.24, 2.45) is 0 Å². The van der Waals surface area contributed by atoms with Crippen LogP contribution in [0, 0.1) is 13.7 Å². The Morgan fingerprint density at radius 3 is 1.80 bits per heavy atom. The first kappa shape index (κ1) is 32.5. The monoisotopic (exact) mass is 715 g/mol. The molecular weight excluding hydrogens is 700 g/mol. The van der Waals surface area contributed by atoms with Crippen LogP contribution >= 0.6 is 57.4 Å². The highest BCUT2D eigenvalue weighted by atomic mass is 127. The lowest BCUT2D eigenvalue weighted by Crippen LogP contribution is -1.90. The lowest BCUT2D eigenvalue weighted by atomic mass is 10.0. The molecule has 3 N–H and O–H groups in total. The highest BCUT2D eigenvalue weighted by Gasteiger charge is 2.14. The lowest BCUT2D eigenvalue weighted by molar-refractivity contribution is -0.384. The van der Waals surface area contributed by atoms with Gasteiger partial charge in [-0.2, -0.15) is 0 Å². The van der Waals surface area contributed by atoms with Crippen LogP contribution in [0.25, 0.3) is 11.1 Å². The van der Waals surface area contributed by atoms with Crippen LogP contribution in [0.15, 0.2) is 66.7 Å². The van der Waals surface area contributed by atoms with Gasteiger partial charge >= 0.3 is 0 Å². The number of aromatic hydroxyl groups is 3. The van der Waals surface area contributed by atoms with Gasteiger partial charge in [-0.25, -0.2) is 0 Å². The van der Waals surface area contributed by atoms with E-state index in [1.165, 1.54) is 54.6 Å². The molecule has 0 amide bonds. The third-order valence-corrected chi connectivity index (χ3v) is 6.39. The summed E-state index contributed by atoms with van der Waals surface area (Å²) in [5.41, 5.74) is 1.06. The largest absolute Gasteiger partial charge is 0.507 e. The first-order valence-corrected chi connectivity index (χ1v) is 12.9. The van der Waals surface area contributed by atoms with Gasteiger partial charge in [0.1, 0.15) is 17.2 Å². The number of rotatable bonds is 5. The predicted octanol–water partition coefficient (Wildman–Crippen LogP) is 7.75. The molecule has 0 fully saturated rings. The fourth-order valence-electron chi connectivity index (χ4n) is 3.01. The number of nitro benzene ring substituents is 1. The van der Waals surface area contributed by atoms with Crippen molar-refractivity contribution in [3.8, 4) is 28.4 Å². The van der Waals surface area contributed by atoms with Crippen LogP contribution in [-0.4, -0.2) is 39.1 Å². The maximum absolute atomic E-state index is 10.8. The molecule has 9 nitrogen and oxygen atoms in total. The number of hydrogen-bond acceptors (Lipinski definition) is 8. The molecule has 40 heavy (non-hydrogen) atoms. The van der Waals surface area contributed by atoms with Gasteiger partial charge in [-0.05, 0) is 70.6 Å². The van der Waals surface area contributed by atoms with Crippen molar-refractivity contribution in [3.05, 3.63) is 112 Å². The first-order chi connectivity index (χ1) is 18.9. The van der Waals surface area contributed by atoms with Crippen LogP contribution in [0.5, 0.6) is 17.2 Å². The molecule has 0 aromatic heterocycles. The Kier molecular flexibility index (Phi) is 12.3. The van der Waals surface area contributed by atoms with Gasteiger partial charge in [0, 0.05) is 32.8 Å². The van der Waals surface area contributed by atoms with Crippen LogP contribution in [0.3, 0.4) is 0 Å². The smallest absolute Gasteiger partial charge is 0.270 e. The Bertz CT molecular complexity index is 1580. The van der Waals surface area contributed by atoms with Crippen molar-refractivity contribution in [2.75, 3.05) is 0 Å². The average molecular weight is 717 g/mol. The van der Waals surface area contributed by atoms with E-state index < -0.39 is 4.92 Å². The van der Waals surface area contributed by atoms with E-state index in [0.29, 0.717) is 38.0 Å². The number of halogens is 4. The van der Waals surface area contributed by atoms with E-state index in [1.807, 2.05) is 22.6 Å². The number of nitro groups is 1. The second-order valence-corrected chi connectivity index (χ2v) is 10.1. The summed E-state index contributed by atoms with van der Waals surface area (Å²) in [4.78, 5) is 41.5. The number of carbonyl (C=O) groups excluding carboxylic acids is 3. The van der Waals surface area contributed by atoms with Gasteiger partial charge in [0.05, 0.1) is 25.2 Å². The normalized spacial score (nSPS) is 9.80. The summed E-state index contributed by atoms with van der Waals surface area (Å²) in [6.07, 6.45) is 1.60. The van der Waals surface area contributed by atoms with Crippen molar-refractivity contribution < 1.29 is 34.6 Å². The van der Waals surface area contributed by atoms with E-state index in [1.54, 1.807) is 12.1 Å². The summed E-state index contributed by atoms with van der Waals surface area (Å²) in [6, 6.07) is 15.8. The van der Waals surface area contributed by atoms with Crippen LogP contribution in [0.2, 0.25) is 15.1 Å². The van der Waals surface area contributed by atoms with Crippen LogP contribution < -0.4 is 0 Å². The molecule has 0 heterocycles. The van der Waals surface area contributed by atoms with Crippen molar-refractivity contribution in [2.45, 2.75) is 0 Å². The Balaban J connectivity index is 0.000000228. The molecule has 0 aliphatic carbocycles. The molecule has 0 saturated carbocycles. The molecule has 0 aliphatic heterocycles. The third-order valence-electron chi connectivity index (χ3n) is 4.90. The third kappa shape index (κ3) is 8.91. The molecule has 0 radical (unpaired) electrons. The lowest BCUT2D eigenvalue weighted by Gasteiger charge is -2.07. The highest BCUT2D eigenvalue weighted by Crippen LogP contribution is 2.35. The Morgan fingerprint density at radius 2 is 1.25 bits per heavy atom. The standard InChI is InChI=1S/C13H8ClNO4.C7H4ClIO2.C7H5ClO2/c14-10-4-9(7-16)13(17)12(6-10)8-2-1-3-11(5-8)15(18)19;8-5-1-4(3-10)7(11)6(9)2-5;8-6-1-2-7(10)5(3-6)4-9/h1-7,17H;1-3,11H;1-4,10H. The number of benzene rings is 4. The topological polar surface area (TPSA) is 155 Å². The van der Waals surface area contributed by atoms with Gasteiger partial charge in [-0.1, -0.05) is 46.9 Å². The van der Waals surface area contributed by atoms with Crippen molar-refractivity contribution in [1.82, 2.24) is 0 Å². The van der Waals surface area contributed by atoms with Crippen molar-refractivity contribution in [3.63, 3.8) is 0 Å². The van der Waals surface area contributed by atoms with E-state index in [2.05, 4.69) is 0 Å². The summed E-state index contributed by atoms with van der Waals surface area (Å²) in [5, 5.41) is 40.0. The fraction of sp³-hybridized carbons (Fsp3) is 0. The minimum Gasteiger partial charge on any atom is -0.507 e. The zero-order chi connectivity index (χ0) is 30.0. The van der Waals surface area contributed by atoms with Crippen LogP contribution in [0.4, 0.5) is 5.69 Å². The van der Waals surface area contributed by atoms with Crippen molar-refractivity contribution in [1.29, 1.82) is 0 Å². The zero-order valence-corrected chi connectivity index (χ0v) is 24.4. The molecule has 0 saturated heterocycles. The molecule has 4 rings (SSSR count). The van der Waals surface area contributed by atoms with Gasteiger partial charge < -0.3 is 15.3 Å². The van der Waals surface area contributed by atoms with Gasteiger partial charge in [-0.15, -0.1) is 0 Å². The van der Waals surface area contributed by atoms with E-state index in [4.69, 9.17) is 39.9 Å². The number of aldehydes is 3. The molecule has 4 aromatic rings. The zero-order valence-electron chi connectivity index (χ0n) is 19.9. The fourth-order valence-corrected chi connectivity index (χ4v) is 4.48. The summed E-state index contributed by atoms with van der Waals surface area (Å²) >= 11 is 18.9. The average Bonchev–Trinajstić information content (AvgIpc) is 2.93. The predicted molar refractivity (Wildman–Crippen MR) is 160 cm³/mol. The second-order valence-electron chi connectivity index (χ2n) is 7.58. The summed E-state index contributed by atoms with van der Waals surface area (Å²) in [5.74, 6) is -0.302. The van der Waals surface area contributed by atoms with Crippen molar-refractivity contribution >= 4 is 81.9 Å². The molecule has 0 unspecified atom stereocenters. The van der Waals surface area contributed by atoms with Gasteiger partial charge in [-0.3, -0.25) is 24.5 Å². The molecule has 0 bridgehead atoms. The molecular formula is C27H17Cl3INO8. The van der Waals surface area contributed by atoms with Gasteiger partial charge in [0.25, 0.3) is 5.69 Å². The number of hydrogen-bond donors (Lipinski definition) is 3. The minimum atomic E-state index is -0.536. The maximum atomic E-state index is 10.8. The second kappa shape index (κ2) is 15.2. The minimum absolute atomic E-state index is 0.00926. The summed E-state index contributed by atoms with van der Waals surface area (Å²) in [6.45, 7) is 0.